The van der Waals surface area contributed by atoms with E-state index < -0.39 is 11.1 Å². The van der Waals surface area contributed by atoms with Crippen LogP contribution in [0.15, 0.2) is 41.8 Å². The molecular formula is C23H31NO4S. The average Bonchev–Trinajstić information content (AvgIpc) is 3.14. The van der Waals surface area contributed by atoms with Gasteiger partial charge in [0.25, 0.3) is 0 Å². The summed E-state index contributed by atoms with van der Waals surface area (Å²) in [4.78, 5) is 27.0. The van der Waals surface area contributed by atoms with Gasteiger partial charge in [-0.15, -0.1) is 11.3 Å². The number of thiophene rings is 1. The number of morpholine rings is 1. The molecule has 1 N–H and O–H groups in total. The number of hydrogen-bond donors (Lipinski definition) is 1. The highest BCUT2D eigenvalue weighted by atomic mass is 32.1. The predicted molar refractivity (Wildman–Crippen MR) is 117 cm³/mol. The van der Waals surface area contributed by atoms with Crippen molar-refractivity contribution in [1.29, 1.82) is 0 Å². The lowest BCUT2D eigenvalue weighted by Gasteiger charge is -2.39. The number of ketones is 2. The first-order valence-corrected chi connectivity index (χ1v) is 10.7. The Morgan fingerprint density at radius 3 is 2.10 bits per heavy atom. The van der Waals surface area contributed by atoms with Gasteiger partial charge in [-0.3, -0.25) is 14.5 Å². The number of aliphatic hydroxyl groups is 1. The van der Waals surface area contributed by atoms with Crippen molar-refractivity contribution in [2.75, 3.05) is 26.3 Å². The third kappa shape index (κ3) is 6.31. The van der Waals surface area contributed by atoms with Crippen LogP contribution in [-0.4, -0.2) is 59.0 Å². The van der Waals surface area contributed by atoms with Crippen LogP contribution in [0.2, 0.25) is 0 Å². The second-order valence-corrected chi connectivity index (χ2v) is 9.14. The number of hydrogen-bond acceptors (Lipinski definition) is 6. The van der Waals surface area contributed by atoms with Gasteiger partial charge >= 0.3 is 0 Å². The molecule has 1 aromatic carbocycles. The average molecular weight is 418 g/mol. The van der Waals surface area contributed by atoms with E-state index in [1.54, 1.807) is 35.6 Å². The van der Waals surface area contributed by atoms with Crippen molar-refractivity contribution in [1.82, 2.24) is 4.90 Å². The van der Waals surface area contributed by atoms with E-state index in [4.69, 9.17) is 4.74 Å². The number of nitrogens with zero attached hydrogens (tertiary/aromatic N) is 1. The van der Waals surface area contributed by atoms with E-state index >= 15 is 0 Å². The molecule has 0 aliphatic carbocycles. The number of carbonyl (C=O) groups excluding carboxylic acids is 2. The third-order valence-electron chi connectivity index (χ3n) is 4.90. The van der Waals surface area contributed by atoms with Crippen molar-refractivity contribution in [2.24, 2.45) is 0 Å². The van der Waals surface area contributed by atoms with Crippen LogP contribution in [0.25, 0.3) is 0 Å². The Hall–Kier alpha value is -1.86. The molecule has 1 aliphatic heterocycles. The first kappa shape index (κ1) is 23.4. The monoisotopic (exact) mass is 417 g/mol. The van der Waals surface area contributed by atoms with E-state index in [2.05, 4.69) is 4.90 Å². The molecule has 2 heterocycles. The summed E-state index contributed by atoms with van der Waals surface area (Å²) in [6, 6.07) is 10.8. The van der Waals surface area contributed by atoms with Crippen molar-refractivity contribution < 1.29 is 19.4 Å². The van der Waals surface area contributed by atoms with Gasteiger partial charge in [0, 0.05) is 18.7 Å². The SMILES string of the molecule is CC(C)(O)C(=O)c1ccccc1.Cc1csc(C(=O)C(C)(C)N2CCOCC2)c1. The van der Waals surface area contributed by atoms with Gasteiger partial charge < -0.3 is 9.84 Å². The molecule has 6 heteroatoms. The zero-order chi connectivity index (χ0) is 21.7. The number of carbonyl (C=O) groups is 2. The molecule has 29 heavy (non-hydrogen) atoms. The maximum Gasteiger partial charge on any atom is 0.193 e. The lowest BCUT2D eigenvalue weighted by Crippen LogP contribution is -2.54. The van der Waals surface area contributed by atoms with Crippen LogP contribution >= 0.6 is 11.3 Å². The van der Waals surface area contributed by atoms with E-state index in [1.165, 1.54) is 13.8 Å². The second kappa shape index (κ2) is 9.76. The minimum absolute atomic E-state index is 0.220. The number of Topliss-reactive ketones (excluding diaryl/α,β-unsaturated/α-hetero) is 2. The van der Waals surface area contributed by atoms with Gasteiger partial charge in [-0.05, 0) is 51.6 Å². The van der Waals surface area contributed by atoms with Gasteiger partial charge in [-0.2, -0.15) is 0 Å². The van der Waals surface area contributed by atoms with Crippen molar-refractivity contribution in [3.63, 3.8) is 0 Å². The smallest absolute Gasteiger partial charge is 0.193 e. The molecule has 0 unspecified atom stereocenters. The zero-order valence-electron chi connectivity index (χ0n) is 17.9. The number of ether oxygens (including phenoxy) is 1. The fourth-order valence-electron chi connectivity index (χ4n) is 3.06. The molecule has 0 saturated carbocycles. The molecule has 1 saturated heterocycles. The normalized spacial score (nSPS) is 15.4. The third-order valence-corrected chi connectivity index (χ3v) is 5.95. The van der Waals surface area contributed by atoms with E-state index in [1.807, 2.05) is 38.3 Å². The van der Waals surface area contributed by atoms with Gasteiger partial charge in [-0.25, -0.2) is 0 Å². The molecular weight excluding hydrogens is 386 g/mol. The molecule has 0 amide bonds. The predicted octanol–water partition coefficient (Wildman–Crippen LogP) is 3.99. The molecule has 1 aliphatic rings. The van der Waals surface area contributed by atoms with Crippen molar-refractivity contribution in [3.8, 4) is 0 Å². The van der Waals surface area contributed by atoms with E-state index in [0.717, 1.165) is 36.7 Å². The van der Waals surface area contributed by atoms with Crippen molar-refractivity contribution in [3.05, 3.63) is 57.8 Å². The summed E-state index contributed by atoms with van der Waals surface area (Å²) in [5.74, 6) is -0.0272. The molecule has 3 rings (SSSR count). The summed E-state index contributed by atoms with van der Waals surface area (Å²) < 4.78 is 5.33. The fraction of sp³-hybridized carbons (Fsp3) is 0.478. The Labute approximate surface area is 177 Å². The van der Waals surface area contributed by atoms with E-state index in [-0.39, 0.29) is 11.6 Å². The standard InChI is InChI=1S/C13H19NO2S.C10H12O2/c1-10-8-11(17-9-10)12(15)13(2,3)14-4-6-16-7-5-14;1-10(2,12)9(11)8-6-4-3-5-7-8/h8-9H,4-7H2,1-3H3;3-7,12H,1-2H3. The molecule has 0 spiro atoms. The van der Waals surface area contributed by atoms with Crippen LogP contribution in [0.5, 0.6) is 0 Å². The summed E-state index contributed by atoms with van der Waals surface area (Å²) in [5.41, 5.74) is 0.00345. The van der Waals surface area contributed by atoms with Gasteiger partial charge in [0.15, 0.2) is 11.6 Å². The topological polar surface area (TPSA) is 66.8 Å². The van der Waals surface area contributed by atoms with E-state index in [9.17, 15) is 14.7 Å². The summed E-state index contributed by atoms with van der Waals surface area (Å²) in [7, 11) is 0. The summed E-state index contributed by atoms with van der Waals surface area (Å²) >= 11 is 1.54. The largest absolute Gasteiger partial charge is 0.382 e. The minimum atomic E-state index is -1.28. The Balaban J connectivity index is 0.000000221. The molecule has 158 valence electrons. The van der Waals surface area contributed by atoms with Crippen LogP contribution in [0.3, 0.4) is 0 Å². The summed E-state index contributed by atoms with van der Waals surface area (Å²) in [5, 5.41) is 11.4. The van der Waals surface area contributed by atoms with Crippen molar-refractivity contribution in [2.45, 2.75) is 45.8 Å². The zero-order valence-corrected chi connectivity index (χ0v) is 18.7. The minimum Gasteiger partial charge on any atom is -0.382 e. The van der Waals surface area contributed by atoms with Crippen LogP contribution in [0.1, 0.15) is 53.3 Å². The maximum absolute atomic E-state index is 12.5. The van der Waals surface area contributed by atoms with Crippen LogP contribution in [-0.2, 0) is 4.74 Å². The lowest BCUT2D eigenvalue weighted by molar-refractivity contribution is -0.00414. The summed E-state index contributed by atoms with van der Waals surface area (Å²) in [6.07, 6.45) is 0. The number of benzene rings is 1. The highest BCUT2D eigenvalue weighted by Crippen LogP contribution is 2.25. The van der Waals surface area contributed by atoms with Gasteiger partial charge in [-0.1, -0.05) is 30.3 Å². The van der Waals surface area contributed by atoms with Crippen LogP contribution in [0, 0.1) is 6.92 Å². The second-order valence-electron chi connectivity index (χ2n) is 8.23. The van der Waals surface area contributed by atoms with Gasteiger partial charge in [0.1, 0.15) is 5.60 Å². The lowest BCUT2D eigenvalue weighted by atomic mass is 9.94. The quantitative estimate of drug-likeness (QED) is 0.745. The molecule has 5 nitrogen and oxygen atoms in total. The molecule has 0 radical (unpaired) electrons. The highest BCUT2D eigenvalue weighted by molar-refractivity contribution is 7.12. The first-order valence-electron chi connectivity index (χ1n) is 9.78. The molecule has 0 atom stereocenters. The Morgan fingerprint density at radius 2 is 1.62 bits per heavy atom. The Kier molecular flexibility index (Phi) is 7.88. The molecule has 0 bridgehead atoms. The first-order chi connectivity index (χ1) is 13.5. The van der Waals surface area contributed by atoms with E-state index in [0.29, 0.717) is 5.56 Å². The molecule has 1 aromatic heterocycles. The fourth-order valence-corrected chi connectivity index (χ4v) is 4.05. The Bertz CT molecular complexity index is 815. The summed E-state index contributed by atoms with van der Waals surface area (Å²) in [6.45, 7) is 12.1. The van der Waals surface area contributed by atoms with Crippen LogP contribution < -0.4 is 0 Å². The van der Waals surface area contributed by atoms with Crippen molar-refractivity contribution >= 4 is 22.9 Å². The number of rotatable bonds is 5. The molecule has 2 aromatic rings. The van der Waals surface area contributed by atoms with Gasteiger partial charge in [0.05, 0.1) is 23.6 Å². The highest BCUT2D eigenvalue weighted by Gasteiger charge is 2.36. The van der Waals surface area contributed by atoms with Crippen LogP contribution in [0.4, 0.5) is 0 Å². The Morgan fingerprint density at radius 1 is 1.03 bits per heavy atom. The number of aryl methyl sites for hydroxylation is 1. The maximum atomic E-state index is 12.5. The molecule has 1 fully saturated rings. The van der Waals surface area contributed by atoms with Gasteiger partial charge in [0.2, 0.25) is 0 Å².